The number of carboxylic acids is 3. The van der Waals surface area contributed by atoms with Gasteiger partial charge in [0.15, 0.2) is 0 Å². The molecule has 0 aromatic heterocycles. The zero-order valence-corrected chi connectivity index (χ0v) is 9.39. The average Bonchev–Trinajstić information content (AvgIpc) is 1.54. The first-order chi connectivity index (χ1) is 5.20. The first-order valence-corrected chi connectivity index (χ1v) is 2.78. The minimum Gasteiger partial charge on any atom is -0.481 e. The average molecular weight is 255 g/mol. The van der Waals surface area contributed by atoms with Crippen LogP contribution in [0.25, 0.3) is 0 Å². The standard InChI is InChI=1S/3C2H4O2.As/c3*1-2(3)4;/h3*1H3,(H,3,4);. The van der Waals surface area contributed by atoms with E-state index in [1.54, 1.807) is 0 Å². The van der Waals surface area contributed by atoms with E-state index in [2.05, 4.69) is 0 Å². The maximum Gasteiger partial charge on any atom is 0.300 e. The summed E-state index contributed by atoms with van der Waals surface area (Å²) in [6.45, 7) is 3.25. The van der Waals surface area contributed by atoms with Gasteiger partial charge < -0.3 is 15.3 Å². The molecule has 0 unspecified atom stereocenters. The van der Waals surface area contributed by atoms with Gasteiger partial charge in [-0.3, -0.25) is 14.4 Å². The molecule has 3 N–H and O–H groups in total. The van der Waals surface area contributed by atoms with Crippen molar-refractivity contribution < 1.29 is 29.7 Å². The fourth-order valence-electron chi connectivity index (χ4n) is 0. The Morgan fingerprint density at radius 3 is 0.692 bits per heavy atom. The summed E-state index contributed by atoms with van der Waals surface area (Å²) in [7, 11) is 0. The van der Waals surface area contributed by atoms with Crippen molar-refractivity contribution in [1.82, 2.24) is 0 Å². The Bertz CT molecular complexity index is 115. The van der Waals surface area contributed by atoms with Crippen LogP contribution < -0.4 is 0 Å². The van der Waals surface area contributed by atoms with Crippen LogP contribution >= 0.6 is 0 Å². The Morgan fingerprint density at radius 1 is 0.692 bits per heavy atom. The van der Waals surface area contributed by atoms with Crippen LogP contribution in [0.3, 0.4) is 0 Å². The summed E-state index contributed by atoms with van der Waals surface area (Å²) in [6.07, 6.45) is 0. The number of hydrogen-bond donors (Lipinski definition) is 3. The maximum atomic E-state index is 9.00. The second-order valence-corrected chi connectivity index (χ2v) is 1.56. The summed E-state index contributed by atoms with van der Waals surface area (Å²) < 4.78 is 0. The molecule has 0 amide bonds. The minimum atomic E-state index is -0.833. The van der Waals surface area contributed by atoms with Crippen molar-refractivity contribution in [3.05, 3.63) is 0 Å². The molecule has 0 rings (SSSR count). The Hall–Kier alpha value is -1.03. The van der Waals surface area contributed by atoms with Crippen molar-refractivity contribution in [3.63, 3.8) is 0 Å². The molecule has 0 heterocycles. The monoisotopic (exact) mass is 255 g/mol. The fraction of sp³-hybridized carbons (Fsp3) is 0.500. The Balaban J connectivity index is -0.0000000450. The van der Waals surface area contributed by atoms with E-state index in [9.17, 15) is 0 Å². The number of aliphatic carboxylic acids is 3. The van der Waals surface area contributed by atoms with Crippen molar-refractivity contribution >= 4 is 35.9 Å². The van der Waals surface area contributed by atoms with Gasteiger partial charge in [0.2, 0.25) is 0 Å². The zero-order chi connectivity index (χ0) is 10.7. The molecule has 6 nitrogen and oxygen atoms in total. The Labute approximate surface area is 86.9 Å². The predicted octanol–water partition coefficient (Wildman–Crippen LogP) is -0.108. The molecular formula is C6H12AsO6. The zero-order valence-electron chi connectivity index (χ0n) is 7.51. The third-order valence-corrected chi connectivity index (χ3v) is 0. The van der Waals surface area contributed by atoms with Gasteiger partial charge in [-0.05, 0) is 0 Å². The van der Waals surface area contributed by atoms with E-state index < -0.39 is 17.9 Å². The SMILES string of the molecule is CC(=O)O.CC(=O)O.CC(=O)O.[As]. The maximum absolute atomic E-state index is 9.00. The first kappa shape index (κ1) is 22.7. The van der Waals surface area contributed by atoms with Crippen LogP contribution in [0.15, 0.2) is 0 Å². The van der Waals surface area contributed by atoms with Crippen LogP contribution in [0.1, 0.15) is 20.8 Å². The summed E-state index contributed by atoms with van der Waals surface area (Å²) in [4.78, 5) is 27.0. The molecule has 0 aromatic carbocycles. The van der Waals surface area contributed by atoms with Crippen molar-refractivity contribution in [1.29, 1.82) is 0 Å². The summed E-state index contributed by atoms with van der Waals surface area (Å²) >= 11 is 0. The van der Waals surface area contributed by atoms with Gasteiger partial charge in [-0.25, -0.2) is 0 Å². The van der Waals surface area contributed by atoms with E-state index in [-0.39, 0.29) is 18.0 Å². The van der Waals surface area contributed by atoms with Gasteiger partial charge in [0.05, 0.1) is 0 Å². The molecule has 7 heteroatoms. The fourth-order valence-corrected chi connectivity index (χ4v) is 0. The third-order valence-electron chi connectivity index (χ3n) is 0. The number of hydrogen-bond acceptors (Lipinski definition) is 3. The molecule has 0 saturated heterocycles. The van der Waals surface area contributed by atoms with Crippen molar-refractivity contribution in [2.75, 3.05) is 0 Å². The number of carbonyl (C=O) groups is 3. The van der Waals surface area contributed by atoms with Gasteiger partial charge in [0.1, 0.15) is 0 Å². The van der Waals surface area contributed by atoms with Gasteiger partial charge in [-0.15, -0.1) is 0 Å². The molecular weight excluding hydrogens is 243 g/mol. The van der Waals surface area contributed by atoms with E-state index >= 15 is 0 Å². The summed E-state index contributed by atoms with van der Waals surface area (Å²) in [6, 6.07) is 0. The van der Waals surface area contributed by atoms with Crippen LogP contribution in [0.5, 0.6) is 0 Å². The third kappa shape index (κ3) is 829. The normalized spacial score (nSPS) is 5.77. The molecule has 0 saturated carbocycles. The molecule has 3 radical (unpaired) electrons. The summed E-state index contributed by atoms with van der Waals surface area (Å²) in [5.74, 6) is -2.50. The molecule has 0 spiro atoms. The van der Waals surface area contributed by atoms with Crippen LogP contribution in [0.4, 0.5) is 0 Å². The van der Waals surface area contributed by atoms with Crippen LogP contribution in [0.2, 0.25) is 0 Å². The van der Waals surface area contributed by atoms with Crippen molar-refractivity contribution in [2.24, 2.45) is 0 Å². The molecule has 0 aromatic rings. The predicted molar refractivity (Wildman–Crippen MR) is 45.7 cm³/mol. The molecule has 13 heavy (non-hydrogen) atoms. The van der Waals surface area contributed by atoms with E-state index in [1.807, 2.05) is 0 Å². The smallest absolute Gasteiger partial charge is 0.300 e. The summed E-state index contributed by atoms with van der Waals surface area (Å²) in [5.41, 5.74) is 0. The molecule has 0 atom stereocenters. The van der Waals surface area contributed by atoms with E-state index in [0.29, 0.717) is 0 Å². The van der Waals surface area contributed by atoms with Gasteiger partial charge in [-0.1, -0.05) is 0 Å². The summed E-state index contributed by atoms with van der Waals surface area (Å²) in [5, 5.41) is 22.2. The number of rotatable bonds is 0. The number of carboxylic acid groups (broad SMARTS) is 3. The van der Waals surface area contributed by atoms with Crippen LogP contribution in [0, 0.1) is 0 Å². The van der Waals surface area contributed by atoms with Gasteiger partial charge in [0, 0.05) is 38.7 Å². The second-order valence-electron chi connectivity index (χ2n) is 1.56. The van der Waals surface area contributed by atoms with E-state index in [4.69, 9.17) is 29.7 Å². The van der Waals surface area contributed by atoms with E-state index in [1.165, 1.54) is 0 Å². The molecule has 0 bridgehead atoms. The van der Waals surface area contributed by atoms with Crippen LogP contribution in [-0.2, 0) is 14.4 Å². The molecule has 0 aliphatic rings. The molecule has 0 aliphatic heterocycles. The van der Waals surface area contributed by atoms with E-state index in [0.717, 1.165) is 20.8 Å². The quantitative estimate of drug-likeness (QED) is 0.521. The van der Waals surface area contributed by atoms with Gasteiger partial charge in [0.25, 0.3) is 17.9 Å². The second kappa shape index (κ2) is 17.2. The molecule has 0 aliphatic carbocycles. The van der Waals surface area contributed by atoms with Crippen molar-refractivity contribution in [2.45, 2.75) is 20.8 Å². The Morgan fingerprint density at radius 2 is 0.692 bits per heavy atom. The Kier molecular flexibility index (Phi) is 29.9. The minimum absolute atomic E-state index is 0. The van der Waals surface area contributed by atoms with Gasteiger partial charge >= 0.3 is 0 Å². The van der Waals surface area contributed by atoms with Crippen LogP contribution in [-0.4, -0.2) is 51.2 Å². The first-order valence-electron chi connectivity index (χ1n) is 2.78. The van der Waals surface area contributed by atoms with Crippen molar-refractivity contribution in [3.8, 4) is 0 Å². The molecule has 77 valence electrons. The molecule has 0 fully saturated rings. The largest absolute Gasteiger partial charge is 0.481 e. The van der Waals surface area contributed by atoms with Gasteiger partial charge in [-0.2, -0.15) is 0 Å². The topological polar surface area (TPSA) is 112 Å².